The molecule has 0 saturated carbocycles. The Labute approximate surface area is 163 Å². The second-order valence-corrected chi connectivity index (χ2v) is 6.80. The van der Waals surface area contributed by atoms with Crippen molar-refractivity contribution < 1.29 is 13.6 Å². The third-order valence-electron chi connectivity index (χ3n) is 5.00. The van der Waals surface area contributed by atoms with Crippen molar-refractivity contribution >= 4 is 11.6 Å². The van der Waals surface area contributed by atoms with E-state index < -0.39 is 0 Å². The van der Waals surface area contributed by atoms with E-state index in [0.29, 0.717) is 43.1 Å². The van der Waals surface area contributed by atoms with Crippen molar-refractivity contribution in [3.8, 4) is 11.3 Å². The Bertz CT molecular complexity index is 934. The first-order valence-corrected chi connectivity index (χ1v) is 9.48. The lowest BCUT2D eigenvalue weighted by Crippen LogP contribution is -2.48. The molecule has 28 heavy (non-hydrogen) atoms. The number of hydrogen-bond donors (Lipinski definition) is 0. The van der Waals surface area contributed by atoms with Gasteiger partial charge in [-0.25, -0.2) is 9.37 Å². The van der Waals surface area contributed by atoms with E-state index >= 15 is 0 Å². The molecule has 1 aliphatic heterocycles. The third kappa shape index (κ3) is 4.06. The lowest BCUT2D eigenvalue weighted by molar-refractivity contribution is -0.131. The predicted molar refractivity (Wildman–Crippen MR) is 105 cm³/mol. The fraction of sp³-hybridized carbons (Fsp3) is 0.273. The Morgan fingerprint density at radius 2 is 1.71 bits per heavy atom. The van der Waals surface area contributed by atoms with Crippen molar-refractivity contribution in [1.29, 1.82) is 0 Å². The summed E-state index contributed by atoms with van der Waals surface area (Å²) in [5.41, 5.74) is 1.57. The van der Waals surface area contributed by atoms with E-state index in [-0.39, 0.29) is 11.7 Å². The first-order chi connectivity index (χ1) is 13.7. The summed E-state index contributed by atoms with van der Waals surface area (Å²) in [6.45, 7) is 3.07. The van der Waals surface area contributed by atoms with Gasteiger partial charge in [0.15, 0.2) is 11.7 Å². The predicted octanol–water partition coefficient (Wildman–Crippen LogP) is 3.76. The van der Waals surface area contributed by atoms with Crippen LogP contribution in [0.1, 0.15) is 12.3 Å². The zero-order chi connectivity index (χ0) is 19.3. The fourth-order valence-electron chi connectivity index (χ4n) is 3.44. The number of carbonyl (C=O) groups excluding carboxylic acids is 1. The van der Waals surface area contributed by atoms with Gasteiger partial charge in [-0.2, -0.15) is 0 Å². The van der Waals surface area contributed by atoms with Crippen molar-refractivity contribution in [2.75, 3.05) is 31.1 Å². The molecule has 1 aromatic heterocycles. The highest BCUT2D eigenvalue weighted by Crippen LogP contribution is 2.24. The fourth-order valence-corrected chi connectivity index (χ4v) is 3.44. The molecule has 4 rings (SSSR count). The number of halogens is 1. The van der Waals surface area contributed by atoms with Gasteiger partial charge in [-0.3, -0.25) is 4.79 Å². The molecular weight excluding hydrogens is 357 g/mol. The highest BCUT2D eigenvalue weighted by atomic mass is 19.1. The number of aryl methyl sites for hydroxylation is 1. The minimum absolute atomic E-state index is 0.0957. The van der Waals surface area contributed by atoms with E-state index in [1.807, 2.05) is 23.1 Å². The van der Waals surface area contributed by atoms with Gasteiger partial charge in [0.05, 0.1) is 11.8 Å². The maximum absolute atomic E-state index is 13.8. The molecule has 0 N–H and O–H groups in total. The normalized spacial score (nSPS) is 14.3. The van der Waals surface area contributed by atoms with E-state index in [4.69, 9.17) is 4.42 Å². The van der Waals surface area contributed by atoms with Crippen molar-refractivity contribution in [3.05, 3.63) is 72.5 Å². The number of rotatable bonds is 5. The van der Waals surface area contributed by atoms with Crippen LogP contribution in [-0.4, -0.2) is 42.0 Å². The Morgan fingerprint density at radius 3 is 2.46 bits per heavy atom. The van der Waals surface area contributed by atoms with Crippen LogP contribution in [0.5, 0.6) is 0 Å². The Morgan fingerprint density at radius 1 is 1.00 bits per heavy atom. The number of anilines is 1. The number of para-hydroxylation sites is 1. The summed E-state index contributed by atoms with van der Waals surface area (Å²) in [7, 11) is 0. The van der Waals surface area contributed by atoms with E-state index in [1.54, 1.807) is 18.2 Å². The first kappa shape index (κ1) is 18.2. The van der Waals surface area contributed by atoms with Crippen LogP contribution in [0.4, 0.5) is 10.1 Å². The topological polar surface area (TPSA) is 49.6 Å². The molecule has 0 spiro atoms. The average molecular weight is 379 g/mol. The second kappa shape index (κ2) is 8.25. The van der Waals surface area contributed by atoms with Gasteiger partial charge in [-0.15, -0.1) is 0 Å². The highest BCUT2D eigenvalue weighted by molar-refractivity contribution is 5.76. The first-order valence-electron chi connectivity index (χ1n) is 9.48. The zero-order valence-electron chi connectivity index (χ0n) is 15.6. The maximum Gasteiger partial charge on any atom is 0.223 e. The van der Waals surface area contributed by atoms with Gasteiger partial charge in [0.2, 0.25) is 5.91 Å². The van der Waals surface area contributed by atoms with Gasteiger partial charge < -0.3 is 14.2 Å². The number of carbonyl (C=O) groups is 1. The summed E-state index contributed by atoms with van der Waals surface area (Å²) in [5, 5.41) is 0. The third-order valence-corrected chi connectivity index (χ3v) is 5.00. The SMILES string of the molecule is O=C(CCc1ncc(-c2ccccc2F)o1)N1CCN(c2ccccc2)CC1. The molecule has 1 aliphatic rings. The molecule has 144 valence electrons. The van der Waals surface area contributed by atoms with Crippen molar-refractivity contribution in [1.82, 2.24) is 9.88 Å². The van der Waals surface area contributed by atoms with E-state index in [1.165, 1.54) is 18.0 Å². The van der Waals surface area contributed by atoms with Crippen LogP contribution in [0.15, 0.2) is 65.2 Å². The molecule has 1 amide bonds. The number of aromatic nitrogens is 1. The van der Waals surface area contributed by atoms with Crippen molar-refractivity contribution in [2.24, 2.45) is 0 Å². The lowest BCUT2D eigenvalue weighted by atomic mass is 10.2. The van der Waals surface area contributed by atoms with Crippen molar-refractivity contribution in [2.45, 2.75) is 12.8 Å². The number of nitrogens with zero attached hydrogens (tertiary/aromatic N) is 3. The number of hydrogen-bond acceptors (Lipinski definition) is 4. The monoisotopic (exact) mass is 379 g/mol. The molecule has 1 saturated heterocycles. The molecular formula is C22H22FN3O2. The Hall–Kier alpha value is -3.15. The lowest BCUT2D eigenvalue weighted by Gasteiger charge is -2.36. The van der Waals surface area contributed by atoms with Gasteiger partial charge in [-0.1, -0.05) is 30.3 Å². The van der Waals surface area contributed by atoms with Gasteiger partial charge >= 0.3 is 0 Å². The van der Waals surface area contributed by atoms with Crippen LogP contribution in [0.2, 0.25) is 0 Å². The molecule has 0 bridgehead atoms. The summed E-state index contributed by atoms with van der Waals surface area (Å²) < 4.78 is 19.5. The van der Waals surface area contributed by atoms with Gasteiger partial charge in [0, 0.05) is 44.7 Å². The summed E-state index contributed by atoms with van der Waals surface area (Å²) in [6.07, 6.45) is 2.26. The maximum atomic E-state index is 13.8. The van der Waals surface area contributed by atoms with Gasteiger partial charge in [-0.05, 0) is 24.3 Å². The number of piperazine rings is 1. The van der Waals surface area contributed by atoms with Crippen LogP contribution in [-0.2, 0) is 11.2 Å². The van der Waals surface area contributed by atoms with E-state index in [0.717, 1.165) is 13.1 Å². The quantitative estimate of drug-likeness (QED) is 0.677. The molecule has 1 fully saturated rings. The number of amides is 1. The van der Waals surface area contributed by atoms with E-state index in [9.17, 15) is 9.18 Å². The van der Waals surface area contributed by atoms with Crippen LogP contribution in [0.3, 0.4) is 0 Å². The van der Waals surface area contributed by atoms with E-state index in [2.05, 4.69) is 22.0 Å². The number of oxazole rings is 1. The number of benzene rings is 2. The molecule has 0 radical (unpaired) electrons. The minimum atomic E-state index is -0.349. The van der Waals surface area contributed by atoms with Gasteiger partial charge in [0.1, 0.15) is 5.82 Å². The standard InChI is InChI=1S/C22H22FN3O2/c23-19-9-5-4-8-18(19)20-16-24-21(28-20)10-11-22(27)26-14-12-25(13-15-26)17-6-2-1-3-7-17/h1-9,16H,10-15H2. The largest absolute Gasteiger partial charge is 0.441 e. The summed E-state index contributed by atoms with van der Waals surface area (Å²) in [6, 6.07) is 16.7. The second-order valence-electron chi connectivity index (χ2n) is 6.80. The summed E-state index contributed by atoms with van der Waals surface area (Å²) >= 11 is 0. The molecule has 0 aliphatic carbocycles. The Balaban J connectivity index is 1.29. The summed E-state index contributed by atoms with van der Waals surface area (Å²) in [5.74, 6) is 0.586. The van der Waals surface area contributed by atoms with Crippen molar-refractivity contribution in [3.63, 3.8) is 0 Å². The Kier molecular flexibility index (Phi) is 5.37. The molecule has 0 atom stereocenters. The van der Waals surface area contributed by atoms with Crippen LogP contribution < -0.4 is 4.90 Å². The van der Waals surface area contributed by atoms with Crippen LogP contribution >= 0.6 is 0 Å². The smallest absolute Gasteiger partial charge is 0.223 e. The van der Waals surface area contributed by atoms with Gasteiger partial charge in [0.25, 0.3) is 0 Å². The summed E-state index contributed by atoms with van der Waals surface area (Å²) in [4.78, 5) is 20.9. The zero-order valence-corrected chi connectivity index (χ0v) is 15.6. The molecule has 2 aromatic carbocycles. The average Bonchev–Trinajstić information content (AvgIpc) is 3.22. The molecule has 5 nitrogen and oxygen atoms in total. The molecule has 2 heterocycles. The molecule has 3 aromatic rings. The van der Waals surface area contributed by atoms with Crippen LogP contribution in [0.25, 0.3) is 11.3 Å². The molecule has 6 heteroatoms. The van der Waals surface area contributed by atoms with Crippen LogP contribution in [0, 0.1) is 5.82 Å². The molecule has 0 unspecified atom stereocenters. The highest BCUT2D eigenvalue weighted by Gasteiger charge is 2.21. The minimum Gasteiger partial charge on any atom is -0.441 e.